The van der Waals surface area contributed by atoms with Gasteiger partial charge in [0, 0.05) is 34.8 Å². The Kier molecular flexibility index (Phi) is 3.43. The number of halogens is 1. The first-order valence-electron chi connectivity index (χ1n) is 6.95. The van der Waals surface area contributed by atoms with E-state index in [1.54, 1.807) is 11.1 Å². The third-order valence-corrected chi connectivity index (χ3v) is 3.82. The van der Waals surface area contributed by atoms with Gasteiger partial charge in [0.2, 0.25) is 0 Å². The molecule has 0 saturated heterocycles. The Hall–Kier alpha value is -1.56. The van der Waals surface area contributed by atoms with Gasteiger partial charge in [0.1, 0.15) is 11.2 Å². The standard InChI is InChI=1S/C15H18BrN3O2/c1-15(2,3)21-14(20)18-4-5-19-12(9-18)7-10-6-11(16)8-17-13(10)19/h6-8H,4-5,9H2,1-3H3. The van der Waals surface area contributed by atoms with Crippen molar-refractivity contribution in [3.8, 4) is 0 Å². The van der Waals surface area contributed by atoms with Gasteiger partial charge in [-0.1, -0.05) is 0 Å². The molecule has 1 aliphatic rings. The van der Waals surface area contributed by atoms with E-state index >= 15 is 0 Å². The molecular formula is C15H18BrN3O2. The molecule has 1 amide bonds. The van der Waals surface area contributed by atoms with Crippen LogP contribution < -0.4 is 0 Å². The lowest BCUT2D eigenvalue weighted by Gasteiger charge is -2.31. The highest BCUT2D eigenvalue weighted by atomic mass is 79.9. The number of pyridine rings is 1. The van der Waals surface area contributed by atoms with E-state index in [-0.39, 0.29) is 6.09 Å². The number of hydrogen-bond donors (Lipinski definition) is 0. The van der Waals surface area contributed by atoms with Gasteiger partial charge in [0.15, 0.2) is 0 Å². The van der Waals surface area contributed by atoms with Gasteiger partial charge in [-0.3, -0.25) is 0 Å². The average Bonchev–Trinajstić information content (AvgIpc) is 2.72. The monoisotopic (exact) mass is 351 g/mol. The van der Waals surface area contributed by atoms with Crippen LogP contribution in [0.25, 0.3) is 11.0 Å². The van der Waals surface area contributed by atoms with Crippen LogP contribution in [0.5, 0.6) is 0 Å². The Morgan fingerprint density at radius 3 is 2.81 bits per heavy atom. The normalized spacial score (nSPS) is 15.1. The van der Waals surface area contributed by atoms with Crippen LogP contribution in [0.3, 0.4) is 0 Å². The van der Waals surface area contributed by atoms with Crippen molar-refractivity contribution in [2.45, 2.75) is 39.5 Å². The SMILES string of the molecule is CC(C)(C)OC(=O)N1CCn2c(cc3cc(Br)cnc32)C1. The number of carbonyl (C=O) groups excluding carboxylic acids is 1. The van der Waals surface area contributed by atoms with E-state index in [1.165, 1.54) is 0 Å². The summed E-state index contributed by atoms with van der Waals surface area (Å²) in [7, 11) is 0. The first kappa shape index (κ1) is 14.4. The zero-order valence-electron chi connectivity index (χ0n) is 12.4. The van der Waals surface area contributed by atoms with E-state index in [1.807, 2.05) is 26.8 Å². The van der Waals surface area contributed by atoms with Gasteiger partial charge in [-0.25, -0.2) is 9.78 Å². The van der Waals surface area contributed by atoms with Crippen LogP contribution in [-0.2, 0) is 17.8 Å². The van der Waals surface area contributed by atoms with Crippen molar-refractivity contribution in [3.63, 3.8) is 0 Å². The lowest BCUT2D eigenvalue weighted by atomic mass is 10.2. The summed E-state index contributed by atoms with van der Waals surface area (Å²) in [5.41, 5.74) is 1.60. The van der Waals surface area contributed by atoms with Crippen LogP contribution in [0.1, 0.15) is 26.5 Å². The second-order valence-corrected chi connectivity index (χ2v) is 7.17. The van der Waals surface area contributed by atoms with E-state index in [4.69, 9.17) is 4.74 Å². The topological polar surface area (TPSA) is 47.4 Å². The molecule has 0 spiro atoms. The smallest absolute Gasteiger partial charge is 0.410 e. The number of amides is 1. The Balaban J connectivity index is 1.86. The molecule has 1 aliphatic heterocycles. The molecule has 0 unspecified atom stereocenters. The maximum Gasteiger partial charge on any atom is 0.410 e. The summed E-state index contributed by atoms with van der Waals surface area (Å²) in [6.45, 7) is 7.59. The molecule has 6 heteroatoms. The molecular weight excluding hydrogens is 334 g/mol. The predicted octanol–water partition coefficient (Wildman–Crippen LogP) is 3.55. The minimum Gasteiger partial charge on any atom is -0.444 e. The highest BCUT2D eigenvalue weighted by molar-refractivity contribution is 9.10. The molecule has 0 N–H and O–H groups in total. The van der Waals surface area contributed by atoms with Crippen LogP contribution in [0, 0.1) is 0 Å². The van der Waals surface area contributed by atoms with Gasteiger partial charge in [0.05, 0.1) is 6.54 Å². The molecule has 0 radical (unpaired) electrons. The van der Waals surface area contributed by atoms with E-state index in [0.29, 0.717) is 13.1 Å². The number of ether oxygens (including phenoxy) is 1. The van der Waals surface area contributed by atoms with Crippen LogP contribution in [0.4, 0.5) is 4.79 Å². The molecule has 2 aromatic rings. The van der Waals surface area contributed by atoms with Crippen molar-refractivity contribution in [1.29, 1.82) is 0 Å². The van der Waals surface area contributed by atoms with E-state index in [2.05, 4.69) is 31.5 Å². The van der Waals surface area contributed by atoms with Gasteiger partial charge < -0.3 is 14.2 Å². The summed E-state index contributed by atoms with van der Waals surface area (Å²) in [6.07, 6.45) is 1.55. The first-order chi connectivity index (χ1) is 9.83. The van der Waals surface area contributed by atoms with E-state index < -0.39 is 5.60 Å². The van der Waals surface area contributed by atoms with Gasteiger partial charge in [0.25, 0.3) is 0 Å². The Morgan fingerprint density at radius 2 is 2.10 bits per heavy atom. The molecule has 0 atom stereocenters. The summed E-state index contributed by atoms with van der Waals surface area (Å²) >= 11 is 3.44. The van der Waals surface area contributed by atoms with Crippen molar-refractivity contribution >= 4 is 33.1 Å². The highest BCUT2D eigenvalue weighted by Gasteiger charge is 2.26. The Bertz CT molecular complexity index is 703. The van der Waals surface area contributed by atoms with Gasteiger partial charge in [-0.05, 0) is 48.8 Å². The van der Waals surface area contributed by atoms with Crippen molar-refractivity contribution in [2.24, 2.45) is 0 Å². The number of hydrogen-bond acceptors (Lipinski definition) is 3. The van der Waals surface area contributed by atoms with Gasteiger partial charge in [-0.2, -0.15) is 0 Å². The number of fused-ring (bicyclic) bond motifs is 3. The van der Waals surface area contributed by atoms with Crippen molar-refractivity contribution < 1.29 is 9.53 Å². The minimum absolute atomic E-state index is 0.256. The average molecular weight is 352 g/mol. The lowest BCUT2D eigenvalue weighted by Crippen LogP contribution is -2.41. The Labute approximate surface area is 132 Å². The number of rotatable bonds is 0. The minimum atomic E-state index is -0.465. The lowest BCUT2D eigenvalue weighted by molar-refractivity contribution is 0.0200. The molecule has 0 saturated carbocycles. The number of carbonyl (C=O) groups is 1. The molecule has 5 nitrogen and oxygen atoms in total. The summed E-state index contributed by atoms with van der Waals surface area (Å²) in [5.74, 6) is 0. The van der Waals surface area contributed by atoms with Crippen LogP contribution in [-0.4, -0.2) is 32.7 Å². The van der Waals surface area contributed by atoms with Crippen LogP contribution >= 0.6 is 15.9 Å². The molecule has 0 bridgehead atoms. The second kappa shape index (κ2) is 5.02. The molecule has 0 fully saturated rings. The van der Waals surface area contributed by atoms with Gasteiger partial charge in [-0.15, -0.1) is 0 Å². The summed E-state index contributed by atoms with van der Waals surface area (Å²) < 4.78 is 8.57. The molecule has 21 heavy (non-hydrogen) atoms. The fourth-order valence-corrected chi connectivity index (χ4v) is 2.88. The van der Waals surface area contributed by atoms with Crippen LogP contribution in [0.2, 0.25) is 0 Å². The molecule has 3 heterocycles. The van der Waals surface area contributed by atoms with Crippen molar-refractivity contribution in [2.75, 3.05) is 6.54 Å². The third kappa shape index (κ3) is 2.90. The summed E-state index contributed by atoms with van der Waals surface area (Å²) in [6, 6.07) is 4.13. The van der Waals surface area contributed by atoms with Gasteiger partial charge >= 0.3 is 6.09 Å². The Morgan fingerprint density at radius 1 is 1.33 bits per heavy atom. The first-order valence-corrected chi connectivity index (χ1v) is 7.74. The predicted molar refractivity (Wildman–Crippen MR) is 84.1 cm³/mol. The second-order valence-electron chi connectivity index (χ2n) is 6.26. The summed E-state index contributed by atoms with van der Waals surface area (Å²) in [4.78, 5) is 18.4. The number of aromatic nitrogens is 2. The van der Waals surface area contributed by atoms with Crippen LogP contribution in [0.15, 0.2) is 22.8 Å². The molecule has 3 rings (SSSR count). The molecule has 0 aromatic carbocycles. The molecule has 112 valence electrons. The fourth-order valence-electron chi connectivity index (χ4n) is 2.53. The number of nitrogens with zero attached hydrogens (tertiary/aromatic N) is 3. The zero-order valence-corrected chi connectivity index (χ0v) is 14.0. The van der Waals surface area contributed by atoms with Crippen molar-refractivity contribution in [1.82, 2.24) is 14.5 Å². The molecule has 0 aliphatic carbocycles. The van der Waals surface area contributed by atoms with E-state index in [9.17, 15) is 4.79 Å². The van der Waals surface area contributed by atoms with Crippen molar-refractivity contribution in [3.05, 3.63) is 28.5 Å². The summed E-state index contributed by atoms with van der Waals surface area (Å²) in [5, 5.41) is 1.09. The molecule has 2 aromatic heterocycles. The van der Waals surface area contributed by atoms with E-state index in [0.717, 1.165) is 27.7 Å². The third-order valence-electron chi connectivity index (χ3n) is 3.38. The maximum atomic E-state index is 12.2. The zero-order chi connectivity index (χ0) is 15.2. The maximum absolute atomic E-state index is 12.2. The highest BCUT2D eigenvalue weighted by Crippen LogP contribution is 2.25. The fraction of sp³-hybridized carbons (Fsp3) is 0.467. The quantitative estimate of drug-likeness (QED) is 0.729. The largest absolute Gasteiger partial charge is 0.444 e.